The second-order valence-electron chi connectivity index (χ2n) is 13.1. The van der Waals surface area contributed by atoms with E-state index in [0.29, 0.717) is 36.8 Å². The SMILES string of the molecule is Cc1cc(C)c(C(=O)c2ccccc2)c(C)c1.O=C(c1ccccc1C1(O)CCCCC1)c1ccccc1C1(O)CCCCC1. The number of rotatable bonds is 6. The molecule has 0 bridgehead atoms. The summed E-state index contributed by atoms with van der Waals surface area (Å²) < 4.78 is 0. The number of ketones is 2. The second kappa shape index (κ2) is 14.1. The molecule has 4 aromatic rings. The topological polar surface area (TPSA) is 74.6 Å². The van der Waals surface area contributed by atoms with Crippen molar-refractivity contribution in [2.75, 3.05) is 0 Å². The first-order valence-corrected chi connectivity index (χ1v) is 16.5. The Labute approximate surface area is 268 Å². The van der Waals surface area contributed by atoms with Crippen LogP contribution >= 0.6 is 0 Å². The molecule has 2 aliphatic rings. The highest BCUT2D eigenvalue weighted by atomic mass is 16.3. The second-order valence-corrected chi connectivity index (χ2v) is 13.1. The van der Waals surface area contributed by atoms with Crippen molar-refractivity contribution in [1.29, 1.82) is 0 Å². The summed E-state index contributed by atoms with van der Waals surface area (Å²) in [6, 6.07) is 28.5. The van der Waals surface area contributed by atoms with Crippen LogP contribution in [0.5, 0.6) is 0 Å². The number of aryl methyl sites for hydroxylation is 3. The van der Waals surface area contributed by atoms with Gasteiger partial charge in [-0.25, -0.2) is 0 Å². The van der Waals surface area contributed by atoms with Gasteiger partial charge in [0.1, 0.15) is 0 Å². The number of aliphatic hydroxyl groups is 2. The molecule has 2 N–H and O–H groups in total. The lowest BCUT2D eigenvalue weighted by Crippen LogP contribution is -2.32. The first kappa shape index (κ1) is 32.5. The van der Waals surface area contributed by atoms with Gasteiger partial charge in [0.15, 0.2) is 11.6 Å². The van der Waals surface area contributed by atoms with E-state index in [9.17, 15) is 19.8 Å². The molecule has 2 fully saturated rings. The molecule has 0 spiro atoms. The van der Waals surface area contributed by atoms with Gasteiger partial charge in [-0.2, -0.15) is 0 Å². The Morgan fingerprint density at radius 1 is 0.533 bits per heavy atom. The first-order valence-electron chi connectivity index (χ1n) is 16.5. The summed E-state index contributed by atoms with van der Waals surface area (Å²) >= 11 is 0. The lowest BCUT2D eigenvalue weighted by molar-refractivity contribution is -0.00188. The number of hydrogen-bond donors (Lipinski definition) is 2. The van der Waals surface area contributed by atoms with E-state index < -0.39 is 11.2 Å². The van der Waals surface area contributed by atoms with Gasteiger partial charge in [-0.05, 0) is 68.7 Å². The molecular formula is C41H46O4. The molecule has 2 aliphatic carbocycles. The Balaban J connectivity index is 0.000000201. The zero-order valence-corrected chi connectivity index (χ0v) is 26.9. The summed E-state index contributed by atoms with van der Waals surface area (Å²) in [5.41, 5.74) is 5.65. The fraction of sp³-hybridized carbons (Fsp3) is 0.366. The molecule has 0 aromatic heterocycles. The predicted molar refractivity (Wildman–Crippen MR) is 181 cm³/mol. The normalized spacial score (nSPS) is 17.1. The molecular weight excluding hydrogens is 556 g/mol. The lowest BCUT2D eigenvalue weighted by Gasteiger charge is -2.35. The zero-order valence-electron chi connectivity index (χ0n) is 26.9. The van der Waals surface area contributed by atoms with E-state index in [-0.39, 0.29) is 11.6 Å². The van der Waals surface area contributed by atoms with Crippen LogP contribution in [-0.4, -0.2) is 21.8 Å². The van der Waals surface area contributed by atoms with Crippen molar-refractivity contribution >= 4 is 11.6 Å². The van der Waals surface area contributed by atoms with Crippen molar-refractivity contribution in [2.24, 2.45) is 0 Å². The highest BCUT2D eigenvalue weighted by Gasteiger charge is 2.37. The van der Waals surface area contributed by atoms with Crippen LogP contribution in [0.25, 0.3) is 0 Å². The van der Waals surface area contributed by atoms with E-state index in [2.05, 4.69) is 19.1 Å². The van der Waals surface area contributed by atoms with Crippen molar-refractivity contribution in [3.05, 3.63) is 141 Å². The smallest absolute Gasteiger partial charge is 0.193 e. The molecule has 0 unspecified atom stereocenters. The lowest BCUT2D eigenvalue weighted by atomic mass is 9.74. The average molecular weight is 603 g/mol. The minimum absolute atomic E-state index is 0.0933. The Morgan fingerprint density at radius 2 is 0.933 bits per heavy atom. The molecule has 45 heavy (non-hydrogen) atoms. The summed E-state index contributed by atoms with van der Waals surface area (Å²) in [4.78, 5) is 26.0. The Kier molecular flexibility index (Phi) is 10.2. The third kappa shape index (κ3) is 7.19. The van der Waals surface area contributed by atoms with Crippen LogP contribution in [0.2, 0.25) is 0 Å². The summed E-state index contributed by atoms with van der Waals surface area (Å²) in [5, 5.41) is 22.6. The van der Waals surface area contributed by atoms with Crippen LogP contribution < -0.4 is 0 Å². The average Bonchev–Trinajstić information content (AvgIpc) is 3.05. The number of hydrogen-bond acceptors (Lipinski definition) is 4. The van der Waals surface area contributed by atoms with Gasteiger partial charge in [-0.1, -0.05) is 135 Å². The van der Waals surface area contributed by atoms with Gasteiger partial charge < -0.3 is 10.2 Å². The van der Waals surface area contributed by atoms with Crippen LogP contribution in [-0.2, 0) is 11.2 Å². The van der Waals surface area contributed by atoms with E-state index in [4.69, 9.17) is 0 Å². The van der Waals surface area contributed by atoms with Crippen molar-refractivity contribution in [3.63, 3.8) is 0 Å². The van der Waals surface area contributed by atoms with E-state index >= 15 is 0 Å². The van der Waals surface area contributed by atoms with Gasteiger partial charge in [-0.3, -0.25) is 9.59 Å². The van der Waals surface area contributed by atoms with Crippen LogP contribution in [0.3, 0.4) is 0 Å². The molecule has 0 atom stereocenters. The first-order chi connectivity index (χ1) is 21.6. The van der Waals surface area contributed by atoms with Crippen molar-refractivity contribution in [1.82, 2.24) is 0 Å². The quantitative estimate of drug-likeness (QED) is 0.216. The Bertz CT molecular complexity index is 1550. The van der Waals surface area contributed by atoms with Gasteiger partial charge in [-0.15, -0.1) is 0 Å². The molecule has 0 amide bonds. The summed E-state index contributed by atoms with van der Waals surface area (Å²) in [5.74, 6) is 0.0183. The van der Waals surface area contributed by atoms with Gasteiger partial charge in [0.25, 0.3) is 0 Å². The fourth-order valence-electron chi connectivity index (χ4n) is 7.40. The van der Waals surface area contributed by atoms with Crippen molar-refractivity contribution in [2.45, 2.75) is 96.2 Å². The number of carbonyl (C=O) groups excluding carboxylic acids is 2. The van der Waals surface area contributed by atoms with E-state index in [1.54, 1.807) is 0 Å². The molecule has 4 heteroatoms. The van der Waals surface area contributed by atoms with Gasteiger partial charge in [0.05, 0.1) is 11.2 Å². The van der Waals surface area contributed by atoms with Crippen LogP contribution in [0, 0.1) is 20.8 Å². The number of carbonyl (C=O) groups is 2. The third-order valence-corrected chi connectivity index (χ3v) is 9.65. The fourth-order valence-corrected chi connectivity index (χ4v) is 7.40. The number of benzene rings is 4. The maximum absolute atomic E-state index is 13.6. The van der Waals surface area contributed by atoms with Crippen molar-refractivity contribution < 1.29 is 19.8 Å². The standard InChI is InChI=1S/C25H30O3.C16H16O/c26-23(19-11-3-5-13-21(19)24(27)15-7-1-8-16-24)20-12-4-6-14-22(20)25(28)17-9-2-10-18-25;1-11-9-12(2)15(13(3)10-11)16(17)14-7-5-4-6-8-14/h3-6,11-14,27-28H,1-2,7-10,15-18H2;4-10H,1-3H3. The van der Waals surface area contributed by atoms with E-state index in [0.717, 1.165) is 71.9 Å². The molecule has 0 saturated heterocycles. The highest BCUT2D eigenvalue weighted by molar-refractivity contribution is 6.11. The summed E-state index contributed by atoms with van der Waals surface area (Å²) in [6.45, 7) is 6.04. The van der Waals surface area contributed by atoms with Crippen LogP contribution in [0.15, 0.2) is 91.0 Å². The molecule has 234 valence electrons. The van der Waals surface area contributed by atoms with Crippen molar-refractivity contribution in [3.8, 4) is 0 Å². The Morgan fingerprint density at radius 3 is 1.38 bits per heavy atom. The monoisotopic (exact) mass is 602 g/mol. The van der Waals surface area contributed by atoms with E-state index in [1.807, 2.05) is 92.7 Å². The predicted octanol–water partition coefficient (Wildman–Crippen LogP) is 9.06. The molecule has 4 aromatic carbocycles. The molecule has 0 heterocycles. The molecule has 2 saturated carbocycles. The minimum atomic E-state index is -0.929. The molecule has 0 radical (unpaired) electrons. The Hall–Kier alpha value is -3.86. The molecule has 6 rings (SSSR count). The highest BCUT2D eigenvalue weighted by Crippen LogP contribution is 2.41. The zero-order chi connectivity index (χ0) is 32.0. The maximum Gasteiger partial charge on any atom is 0.193 e. The maximum atomic E-state index is 13.6. The summed E-state index contributed by atoms with van der Waals surface area (Å²) in [7, 11) is 0. The molecule has 0 aliphatic heterocycles. The summed E-state index contributed by atoms with van der Waals surface area (Å²) in [6.07, 6.45) is 8.98. The van der Waals surface area contributed by atoms with Crippen LogP contribution in [0.1, 0.15) is 124 Å². The largest absolute Gasteiger partial charge is 0.385 e. The van der Waals surface area contributed by atoms with Gasteiger partial charge >= 0.3 is 0 Å². The van der Waals surface area contributed by atoms with Gasteiger partial charge in [0.2, 0.25) is 0 Å². The van der Waals surface area contributed by atoms with Gasteiger partial charge in [0, 0.05) is 22.3 Å². The van der Waals surface area contributed by atoms with E-state index in [1.165, 1.54) is 5.56 Å². The molecule has 4 nitrogen and oxygen atoms in total. The third-order valence-electron chi connectivity index (χ3n) is 9.65. The van der Waals surface area contributed by atoms with Crippen LogP contribution in [0.4, 0.5) is 0 Å². The minimum Gasteiger partial charge on any atom is -0.385 e.